The lowest BCUT2D eigenvalue weighted by Gasteiger charge is -2.03. The van der Waals surface area contributed by atoms with Crippen molar-refractivity contribution in [1.29, 1.82) is 0 Å². The maximum Gasteiger partial charge on any atom is 0.243 e. The third-order valence-corrected chi connectivity index (χ3v) is 3.97. The Morgan fingerprint density at radius 3 is 2.57 bits per heavy atom. The number of carbonyl (C=O) groups is 1. The topological polar surface area (TPSA) is 29.1 Å². The van der Waals surface area contributed by atoms with E-state index in [-0.39, 0.29) is 5.91 Å². The van der Waals surface area contributed by atoms with Gasteiger partial charge in [0.2, 0.25) is 5.91 Å². The summed E-state index contributed by atoms with van der Waals surface area (Å²) in [6.07, 6.45) is 6.23. The molecule has 4 heteroatoms. The molecule has 2 rings (SSSR count). The highest BCUT2D eigenvalue weighted by molar-refractivity contribution is 6.35. The Bertz CT molecular complexity index is 668. The number of hydrogen-bond acceptors (Lipinski definition) is 1. The number of benzene rings is 2. The maximum absolute atomic E-state index is 11.8. The molecule has 0 aliphatic carbocycles. The van der Waals surface area contributed by atoms with Gasteiger partial charge in [-0.1, -0.05) is 59.6 Å². The van der Waals surface area contributed by atoms with Gasteiger partial charge in [0.15, 0.2) is 0 Å². The van der Waals surface area contributed by atoms with E-state index in [9.17, 15) is 4.79 Å². The van der Waals surface area contributed by atoms with Gasteiger partial charge >= 0.3 is 0 Å². The number of hydrogen-bond donors (Lipinski definition) is 1. The molecule has 0 spiro atoms. The number of aryl methyl sites for hydroxylation is 1. The second kappa shape index (κ2) is 9.39. The van der Waals surface area contributed by atoms with Crippen molar-refractivity contribution in [2.24, 2.45) is 0 Å². The molecule has 0 bridgehead atoms. The second-order valence-corrected chi connectivity index (χ2v) is 6.08. The van der Waals surface area contributed by atoms with Crippen molar-refractivity contribution in [1.82, 2.24) is 5.32 Å². The highest BCUT2D eigenvalue weighted by Crippen LogP contribution is 2.21. The molecule has 0 saturated carbocycles. The molecule has 2 aromatic carbocycles. The molecule has 23 heavy (non-hydrogen) atoms. The van der Waals surface area contributed by atoms with Gasteiger partial charge in [-0.25, -0.2) is 0 Å². The Hall–Kier alpha value is -1.77. The smallest absolute Gasteiger partial charge is 0.243 e. The van der Waals surface area contributed by atoms with Gasteiger partial charge in [-0.15, -0.1) is 0 Å². The summed E-state index contributed by atoms with van der Waals surface area (Å²) in [5.41, 5.74) is 2.10. The summed E-state index contributed by atoms with van der Waals surface area (Å²) in [5, 5.41) is 3.99. The van der Waals surface area contributed by atoms with Crippen LogP contribution in [0.3, 0.4) is 0 Å². The predicted molar refractivity (Wildman–Crippen MR) is 97.9 cm³/mol. The van der Waals surface area contributed by atoms with E-state index in [4.69, 9.17) is 23.2 Å². The summed E-state index contributed by atoms with van der Waals surface area (Å²) in [6.45, 7) is 0.671. The molecule has 0 aliphatic heterocycles. The van der Waals surface area contributed by atoms with Gasteiger partial charge in [0, 0.05) is 22.7 Å². The van der Waals surface area contributed by atoms with Crippen LogP contribution in [0.1, 0.15) is 24.0 Å². The predicted octanol–water partition coefficient (Wildman–Crippen LogP) is 5.15. The Labute approximate surface area is 147 Å². The fraction of sp³-hybridized carbons (Fsp3) is 0.211. The molecule has 0 aromatic heterocycles. The zero-order chi connectivity index (χ0) is 16.5. The van der Waals surface area contributed by atoms with Crippen molar-refractivity contribution < 1.29 is 4.79 Å². The molecule has 0 aliphatic rings. The van der Waals surface area contributed by atoms with Gasteiger partial charge in [0.25, 0.3) is 0 Å². The fourth-order valence-electron chi connectivity index (χ4n) is 2.17. The standard InChI is InChI=1S/C19H19Cl2NO/c20-17-11-9-16(18(21)14-17)10-12-19(23)22-13-5-4-8-15-6-2-1-3-7-15/h1-3,6-7,9-12,14H,4-5,8,13H2,(H,22,23). The summed E-state index contributed by atoms with van der Waals surface area (Å²) in [6, 6.07) is 15.5. The summed E-state index contributed by atoms with van der Waals surface area (Å²) >= 11 is 11.9. The van der Waals surface area contributed by atoms with Crippen LogP contribution in [0.5, 0.6) is 0 Å². The number of unbranched alkanes of at least 4 members (excludes halogenated alkanes) is 1. The van der Waals surface area contributed by atoms with Gasteiger partial charge in [-0.05, 0) is 48.6 Å². The Morgan fingerprint density at radius 1 is 1.04 bits per heavy atom. The highest BCUT2D eigenvalue weighted by Gasteiger charge is 1.99. The van der Waals surface area contributed by atoms with Crippen molar-refractivity contribution in [3.05, 3.63) is 75.8 Å². The average Bonchev–Trinajstić information content (AvgIpc) is 2.54. The Balaban J connectivity index is 1.68. The molecule has 0 fully saturated rings. The third kappa shape index (κ3) is 6.47. The number of nitrogens with one attached hydrogen (secondary N) is 1. The van der Waals surface area contributed by atoms with Crippen molar-refractivity contribution in [2.45, 2.75) is 19.3 Å². The van der Waals surface area contributed by atoms with E-state index >= 15 is 0 Å². The second-order valence-electron chi connectivity index (χ2n) is 5.23. The molecule has 1 N–H and O–H groups in total. The quantitative estimate of drug-likeness (QED) is 0.544. The average molecular weight is 348 g/mol. The lowest BCUT2D eigenvalue weighted by molar-refractivity contribution is -0.116. The van der Waals surface area contributed by atoms with Gasteiger partial charge in [0.1, 0.15) is 0 Å². The van der Waals surface area contributed by atoms with Crippen LogP contribution in [0, 0.1) is 0 Å². The van der Waals surface area contributed by atoms with E-state index in [1.54, 1.807) is 24.3 Å². The van der Waals surface area contributed by atoms with Crippen LogP contribution in [0.4, 0.5) is 0 Å². The van der Waals surface area contributed by atoms with E-state index in [0.717, 1.165) is 24.8 Å². The molecule has 0 radical (unpaired) electrons. The van der Waals surface area contributed by atoms with Crippen molar-refractivity contribution >= 4 is 35.2 Å². The molecule has 2 nitrogen and oxygen atoms in total. The van der Waals surface area contributed by atoms with Crippen molar-refractivity contribution in [3.8, 4) is 0 Å². The van der Waals surface area contributed by atoms with Crippen LogP contribution in [-0.4, -0.2) is 12.5 Å². The molecular weight excluding hydrogens is 329 g/mol. The first-order valence-corrected chi connectivity index (χ1v) is 8.35. The SMILES string of the molecule is O=C(C=Cc1ccc(Cl)cc1Cl)NCCCCc1ccccc1. The summed E-state index contributed by atoms with van der Waals surface area (Å²) in [7, 11) is 0. The van der Waals surface area contributed by atoms with Crippen LogP contribution < -0.4 is 5.32 Å². The molecule has 0 saturated heterocycles. The Kier molecular flexibility index (Phi) is 7.18. The lowest BCUT2D eigenvalue weighted by atomic mass is 10.1. The first kappa shape index (κ1) is 17.6. The van der Waals surface area contributed by atoms with Gasteiger partial charge in [0.05, 0.1) is 0 Å². The van der Waals surface area contributed by atoms with Gasteiger partial charge in [-0.3, -0.25) is 4.79 Å². The van der Waals surface area contributed by atoms with E-state index in [0.29, 0.717) is 16.6 Å². The minimum Gasteiger partial charge on any atom is -0.353 e. The molecule has 120 valence electrons. The number of rotatable bonds is 7. The molecular formula is C19H19Cl2NO. The van der Waals surface area contributed by atoms with Crippen LogP contribution in [0.25, 0.3) is 6.08 Å². The first-order chi connectivity index (χ1) is 11.1. The molecule has 0 unspecified atom stereocenters. The number of carbonyl (C=O) groups excluding carboxylic acids is 1. The zero-order valence-corrected chi connectivity index (χ0v) is 14.3. The number of amides is 1. The largest absolute Gasteiger partial charge is 0.353 e. The minimum absolute atomic E-state index is 0.115. The maximum atomic E-state index is 11.8. The number of halogens is 2. The normalized spacial score (nSPS) is 10.9. The van der Waals surface area contributed by atoms with Crippen LogP contribution >= 0.6 is 23.2 Å². The lowest BCUT2D eigenvalue weighted by Crippen LogP contribution is -2.22. The van der Waals surface area contributed by atoms with E-state index in [2.05, 4.69) is 17.4 Å². The van der Waals surface area contributed by atoms with Crippen LogP contribution in [0.15, 0.2) is 54.6 Å². The molecule has 0 atom stereocenters. The van der Waals surface area contributed by atoms with Crippen LogP contribution in [0.2, 0.25) is 10.0 Å². The van der Waals surface area contributed by atoms with E-state index < -0.39 is 0 Å². The third-order valence-electron chi connectivity index (χ3n) is 3.41. The molecule has 2 aromatic rings. The van der Waals surface area contributed by atoms with E-state index in [1.807, 2.05) is 18.2 Å². The van der Waals surface area contributed by atoms with Crippen molar-refractivity contribution in [2.75, 3.05) is 6.54 Å². The highest BCUT2D eigenvalue weighted by atomic mass is 35.5. The summed E-state index contributed by atoms with van der Waals surface area (Å²) in [4.78, 5) is 11.8. The monoisotopic (exact) mass is 347 g/mol. The van der Waals surface area contributed by atoms with Crippen LogP contribution in [-0.2, 0) is 11.2 Å². The molecule has 1 amide bonds. The minimum atomic E-state index is -0.115. The zero-order valence-electron chi connectivity index (χ0n) is 12.8. The van der Waals surface area contributed by atoms with E-state index in [1.165, 1.54) is 11.6 Å². The summed E-state index contributed by atoms with van der Waals surface area (Å²) < 4.78 is 0. The molecule has 0 heterocycles. The summed E-state index contributed by atoms with van der Waals surface area (Å²) in [5.74, 6) is -0.115. The fourth-order valence-corrected chi connectivity index (χ4v) is 2.64. The Morgan fingerprint density at radius 2 is 1.83 bits per heavy atom. The van der Waals surface area contributed by atoms with Gasteiger partial charge < -0.3 is 5.32 Å². The van der Waals surface area contributed by atoms with Gasteiger partial charge in [-0.2, -0.15) is 0 Å². The first-order valence-electron chi connectivity index (χ1n) is 7.60. The van der Waals surface area contributed by atoms with Crippen molar-refractivity contribution in [3.63, 3.8) is 0 Å².